The molecule has 1 aromatic rings. The monoisotopic (exact) mass is 356 g/mol. The van der Waals surface area contributed by atoms with Crippen molar-refractivity contribution in [2.75, 3.05) is 19.6 Å². The third-order valence-corrected chi connectivity index (χ3v) is 6.43. The van der Waals surface area contributed by atoms with Crippen LogP contribution in [0.25, 0.3) is 0 Å². The van der Waals surface area contributed by atoms with E-state index in [9.17, 15) is 19.5 Å². The molecule has 3 aliphatic rings. The van der Waals surface area contributed by atoms with Crippen LogP contribution < -0.4 is 0 Å². The van der Waals surface area contributed by atoms with Crippen LogP contribution in [0.3, 0.4) is 0 Å². The van der Waals surface area contributed by atoms with E-state index in [2.05, 4.69) is 0 Å². The van der Waals surface area contributed by atoms with E-state index >= 15 is 0 Å². The summed E-state index contributed by atoms with van der Waals surface area (Å²) >= 11 is 0. The van der Waals surface area contributed by atoms with Crippen molar-refractivity contribution in [2.45, 2.75) is 38.1 Å². The molecule has 2 amide bonds. The van der Waals surface area contributed by atoms with Gasteiger partial charge in [-0.1, -0.05) is 24.6 Å². The van der Waals surface area contributed by atoms with E-state index in [0.717, 1.165) is 19.3 Å². The zero-order valence-electron chi connectivity index (χ0n) is 14.8. The van der Waals surface area contributed by atoms with Crippen LogP contribution >= 0.6 is 0 Å². The predicted octanol–water partition coefficient (Wildman–Crippen LogP) is 2.00. The smallest absolute Gasteiger partial charge is 0.311 e. The summed E-state index contributed by atoms with van der Waals surface area (Å²) in [6.07, 6.45) is 3.89. The minimum Gasteiger partial charge on any atom is -0.481 e. The highest BCUT2D eigenvalue weighted by Crippen LogP contribution is 2.49. The number of amides is 2. The highest BCUT2D eigenvalue weighted by atomic mass is 16.4. The summed E-state index contributed by atoms with van der Waals surface area (Å²) in [4.78, 5) is 41.2. The van der Waals surface area contributed by atoms with Gasteiger partial charge in [0.15, 0.2) is 0 Å². The van der Waals surface area contributed by atoms with E-state index in [1.807, 2.05) is 18.2 Å². The van der Waals surface area contributed by atoms with Gasteiger partial charge >= 0.3 is 5.97 Å². The van der Waals surface area contributed by atoms with Crippen LogP contribution in [0, 0.1) is 11.3 Å². The molecule has 2 saturated heterocycles. The van der Waals surface area contributed by atoms with E-state index in [4.69, 9.17) is 0 Å². The number of benzene rings is 1. The number of rotatable bonds is 3. The van der Waals surface area contributed by atoms with Crippen molar-refractivity contribution in [3.8, 4) is 0 Å². The zero-order valence-corrected chi connectivity index (χ0v) is 14.8. The molecule has 1 N–H and O–H groups in total. The average molecular weight is 356 g/mol. The number of carbonyl (C=O) groups is 3. The fraction of sp³-hybridized carbons (Fsp3) is 0.550. The molecule has 138 valence electrons. The molecule has 0 aromatic heterocycles. The second-order valence-electron chi connectivity index (χ2n) is 7.79. The first-order chi connectivity index (χ1) is 12.5. The number of aliphatic carboxylic acids is 1. The van der Waals surface area contributed by atoms with Gasteiger partial charge in [-0.3, -0.25) is 14.4 Å². The second-order valence-corrected chi connectivity index (χ2v) is 7.79. The SMILES string of the molecule is O=C(C1CCCN1C(=O)c1ccccc1)N1C[C@@H]2CCC[C@@]2(C(=O)O)C1. The Morgan fingerprint density at radius 2 is 1.85 bits per heavy atom. The maximum atomic E-state index is 13.1. The van der Waals surface area contributed by atoms with E-state index in [0.29, 0.717) is 31.5 Å². The quantitative estimate of drug-likeness (QED) is 0.899. The van der Waals surface area contributed by atoms with Crippen LogP contribution in [0.1, 0.15) is 42.5 Å². The third-order valence-electron chi connectivity index (χ3n) is 6.43. The van der Waals surface area contributed by atoms with Gasteiger partial charge < -0.3 is 14.9 Å². The molecule has 0 radical (unpaired) electrons. The number of nitrogens with zero attached hydrogens (tertiary/aromatic N) is 2. The normalized spacial score (nSPS) is 30.5. The summed E-state index contributed by atoms with van der Waals surface area (Å²) in [6, 6.07) is 8.56. The number of likely N-dealkylation sites (tertiary alicyclic amines) is 2. The van der Waals surface area contributed by atoms with Crippen LogP contribution in [0.4, 0.5) is 0 Å². The Bertz CT molecular complexity index is 735. The summed E-state index contributed by atoms with van der Waals surface area (Å²) < 4.78 is 0. The summed E-state index contributed by atoms with van der Waals surface area (Å²) in [7, 11) is 0. The van der Waals surface area contributed by atoms with Crippen LogP contribution in [0.15, 0.2) is 30.3 Å². The minimum absolute atomic E-state index is 0.0450. The maximum Gasteiger partial charge on any atom is 0.311 e. The Morgan fingerprint density at radius 3 is 2.54 bits per heavy atom. The number of carbonyl (C=O) groups excluding carboxylic acids is 2. The number of carboxylic acid groups (broad SMARTS) is 1. The van der Waals surface area contributed by atoms with Gasteiger partial charge in [0, 0.05) is 25.2 Å². The van der Waals surface area contributed by atoms with Crippen LogP contribution in [0.5, 0.6) is 0 Å². The lowest BCUT2D eigenvalue weighted by atomic mass is 9.81. The van der Waals surface area contributed by atoms with Crippen molar-refractivity contribution in [3.63, 3.8) is 0 Å². The van der Waals surface area contributed by atoms with Crippen molar-refractivity contribution in [1.29, 1.82) is 0 Å². The predicted molar refractivity (Wildman–Crippen MR) is 94.5 cm³/mol. The van der Waals surface area contributed by atoms with Crippen LogP contribution in [0.2, 0.25) is 0 Å². The standard InChI is InChI=1S/C20H24N2O4/c23-17(14-6-2-1-3-7-14)22-11-5-9-16(22)18(24)21-12-15-8-4-10-20(15,13-21)19(25)26/h1-3,6-7,15-16H,4-5,8-13H2,(H,25,26)/t15-,16?,20+/m0/s1. The van der Waals surface area contributed by atoms with Crippen molar-refractivity contribution in [3.05, 3.63) is 35.9 Å². The van der Waals surface area contributed by atoms with Gasteiger partial charge in [-0.15, -0.1) is 0 Å². The van der Waals surface area contributed by atoms with Gasteiger partial charge in [-0.2, -0.15) is 0 Å². The largest absolute Gasteiger partial charge is 0.481 e. The van der Waals surface area contributed by atoms with E-state index in [1.165, 1.54) is 0 Å². The first kappa shape index (κ1) is 17.1. The van der Waals surface area contributed by atoms with Gasteiger partial charge in [0.2, 0.25) is 5.91 Å². The maximum absolute atomic E-state index is 13.1. The Kier molecular flexibility index (Phi) is 4.21. The Balaban J connectivity index is 1.51. The molecule has 1 aliphatic carbocycles. The van der Waals surface area contributed by atoms with Crippen LogP contribution in [-0.4, -0.2) is 58.4 Å². The molecular weight excluding hydrogens is 332 g/mol. The van der Waals surface area contributed by atoms with E-state index in [-0.39, 0.29) is 24.3 Å². The van der Waals surface area contributed by atoms with Crippen molar-refractivity contribution in [1.82, 2.24) is 9.80 Å². The number of fused-ring (bicyclic) bond motifs is 1. The lowest BCUT2D eigenvalue weighted by Crippen LogP contribution is -2.48. The Morgan fingerprint density at radius 1 is 1.08 bits per heavy atom. The summed E-state index contributed by atoms with van der Waals surface area (Å²) in [6.45, 7) is 1.37. The molecule has 4 rings (SSSR count). The zero-order chi connectivity index (χ0) is 18.3. The average Bonchev–Trinajstić information content (AvgIpc) is 3.35. The molecule has 0 bridgehead atoms. The Labute approximate surface area is 152 Å². The molecule has 1 aromatic carbocycles. The molecule has 1 saturated carbocycles. The van der Waals surface area contributed by atoms with Gasteiger partial charge in [0.05, 0.1) is 5.41 Å². The van der Waals surface area contributed by atoms with Crippen molar-refractivity contribution in [2.24, 2.45) is 11.3 Å². The highest BCUT2D eigenvalue weighted by molar-refractivity contribution is 5.98. The molecule has 26 heavy (non-hydrogen) atoms. The van der Waals surface area contributed by atoms with Gasteiger partial charge in [0.1, 0.15) is 6.04 Å². The summed E-state index contributed by atoms with van der Waals surface area (Å²) in [5.74, 6) is -0.932. The number of carboxylic acids is 1. The fourth-order valence-electron chi connectivity index (χ4n) is 5.03. The van der Waals surface area contributed by atoms with E-state index < -0.39 is 17.4 Å². The summed E-state index contributed by atoms with van der Waals surface area (Å²) in [5, 5.41) is 9.73. The summed E-state index contributed by atoms with van der Waals surface area (Å²) in [5.41, 5.74) is -0.185. The lowest BCUT2D eigenvalue weighted by Gasteiger charge is -2.29. The number of hydrogen-bond acceptors (Lipinski definition) is 3. The van der Waals surface area contributed by atoms with Gasteiger partial charge in [-0.25, -0.2) is 0 Å². The van der Waals surface area contributed by atoms with E-state index in [1.54, 1.807) is 21.9 Å². The molecular formula is C20H24N2O4. The second kappa shape index (κ2) is 6.41. The minimum atomic E-state index is -0.779. The van der Waals surface area contributed by atoms with Gasteiger partial charge in [0.25, 0.3) is 5.91 Å². The topological polar surface area (TPSA) is 77.9 Å². The number of hydrogen-bond donors (Lipinski definition) is 1. The molecule has 3 fully saturated rings. The molecule has 0 spiro atoms. The Hall–Kier alpha value is -2.37. The molecule has 1 unspecified atom stereocenters. The lowest BCUT2D eigenvalue weighted by molar-refractivity contribution is -0.149. The molecule has 6 heteroatoms. The van der Waals surface area contributed by atoms with Crippen LogP contribution in [-0.2, 0) is 9.59 Å². The van der Waals surface area contributed by atoms with Gasteiger partial charge in [-0.05, 0) is 43.7 Å². The molecule has 2 aliphatic heterocycles. The van der Waals surface area contributed by atoms with Crippen molar-refractivity contribution >= 4 is 17.8 Å². The first-order valence-electron chi connectivity index (χ1n) is 9.41. The first-order valence-corrected chi connectivity index (χ1v) is 9.41. The van der Waals surface area contributed by atoms with Crippen molar-refractivity contribution < 1.29 is 19.5 Å². The fourth-order valence-corrected chi connectivity index (χ4v) is 5.03. The molecule has 2 heterocycles. The highest BCUT2D eigenvalue weighted by Gasteiger charge is 2.56. The molecule has 6 nitrogen and oxygen atoms in total. The third kappa shape index (κ3) is 2.59. The molecule has 3 atom stereocenters.